The number of carbonyl (C=O) groups excluding carboxylic acids is 1. The van der Waals surface area contributed by atoms with Gasteiger partial charge in [-0.3, -0.25) is 18.7 Å². The van der Waals surface area contributed by atoms with Crippen LogP contribution in [0.5, 0.6) is 0 Å². The summed E-state index contributed by atoms with van der Waals surface area (Å²) in [7, 11) is 4.75. The molecule has 1 fully saturated rings. The molecule has 1 aromatic carbocycles. The average molecular weight is 541 g/mol. The van der Waals surface area contributed by atoms with Gasteiger partial charge < -0.3 is 10.6 Å². The molecule has 3 heterocycles. The van der Waals surface area contributed by atoms with E-state index in [0.717, 1.165) is 17.4 Å². The van der Waals surface area contributed by atoms with E-state index >= 15 is 0 Å². The van der Waals surface area contributed by atoms with Gasteiger partial charge in [-0.2, -0.15) is 10.1 Å². The fraction of sp³-hybridized carbons (Fsp3) is 0.391. The molecule has 4 aromatic rings. The van der Waals surface area contributed by atoms with E-state index in [9.17, 15) is 14.4 Å². The van der Waals surface area contributed by atoms with E-state index in [1.807, 2.05) is 6.92 Å². The Kier molecular flexibility index (Phi) is 5.50. The molecule has 0 saturated heterocycles. The van der Waals surface area contributed by atoms with E-state index in [-0.39, 0.29) is 23.2 Å². The second-order valence-electron chi connectivity index (χ2n) is 9.26. The summed E-state index contributed by atoms with van der Waals surface area (Å²) in [4.78, 5) is 46.5. The molecule has 35 heavy (non-hydrogen) atoms. The lowest BCUT2D eigenvalue weighted by Gasteiger charge is -2.22. The van der Waals surface area contributed by atoms with Crippen LogP contribution in [0, 0.1) is 5.41 Å². The van der Waals surface area contributed by atoms with Crippen LogP contribution in [0.25, 0.3) is 27.6 Å². The Morgan fingerprint density at radius 1 is 1.20 bits per heavy atom. The monoisotopic (exact) mass is 540 g/mol. The average Bonchev–Trinajstić information content (AvgIpc) is 3.40. The molecule has 1 aliphatic rings. The maximum Gasteiger partial charge on any atom is 0.330 e. The first-order chi connectivity index (χ1) is 16.6. The van der Waals surface area contributed by atoms with Gasteiger partial charge in [0.1, 0.15) is 4.60 Å². The summed E-state index contributed by atoms with van der Waals surface area (Å²) in [6.45, 7) is 1.98. The summed E-state index contributed by atoms with van der Waals surface area (Å²) in [5, 5.41) is 11.8. The summed E-state index contributed by atoms with van der Waals surface area (Å²) >= 11 is 3.48. The Labute approximate surface area is 208 Å². The summed E-state index contributed by atoms with van der Waals surface area (Å²) in [5.74, 6) is 0.483. The van der Waals surface area contributed by atoms with Gasteiger partial charge in [0, 0.05) is 38.8 Å². The molecule has 12 heteroatoms. The quantitative estimate of drug-likeness (QED) is 0.404. The van der Waals surface area contributed by atoms with E-state index < -0.39 is 5.41 Å². The molecule has 0 bridgehead atoms. The number of carbonyl (C=O) groups is 1. The zero-order chi connectivity index (χ0) is 25.1. The van der Waals surface area contributed by atoms with Gasteiger partial charge in [-0.05, 0) is 53.4 Å². The van der Waals surface area contributed by atoms with Crippen LogP contribution in [-0.4, -0.2) is 47.9 Å². The number of nitrogens with zero attached hydrogens (tertiary/aromatic N) is 6. The van der Waals surface area contributed by atoms with Crippen molar-refractivity contribution in [2.75, 3.05) is 12.4 Å². The van der Waals surface area contributed by atoms with Crippen molar-refractivity contribution in [1.82, 2.24) is 34.2 Å². The van der Waals surface area contributed by atoms with Crippen molar-refractivity contribution < 1.29 is 4.79 Å². The van der Waals surface area contributed by atoms with Crippen molar-refractivity contribution in [2.45, 2.75) is 32.2 Å². The second-order valence-corrected chi connectivity index (χ2v) is 10.0. The van der Waals surface area contributed by atoms with Gasteiger partial charge in [0.05, 0.1) is 22.0 Å². The number of benzene rings is 1. The third-order valence-electron chi connectivity index (χ3n) is 6.92. The number of amides is 1. The standard InChI is InChI=1S/C23H25BrN8O3/c1-23(20(34)25-2)8-7-12(10-23)27-21-26-11-15-17(24)29-32(18(15)28-21)13-5-6-16-14(9-13)19(33)31(4)22(35)30(16)3/h5-6,9,11-12H,7-8,10H2,1-4H3,(H,25,34)(H,26,27,28)/t12-,23-/m1/s1. The maximum absolute atomic E-state index is 12.8. The smallest absolute Gasteiger partial charge is 0.330 e. The number of halogens is 1. The summed E-state index contributed by atoms with van der Waals surface area (Å²) in [5.41, 5.74) is 0.542. The predicted octanol–water partition coefficient (Wildman–Crippen LogP) is 1.85. The molecule has 11 nitrogen and oxygen atoms in total. The number of nitrogens with one attached hydrogen (secondary N) is 2. The van der Waals surface area contributed by atoms with Crippen LogP contribution >= 0.6 is 15.9 Å². The topological polar surface area (TPSA) is 129 Å². The second kappa shape index (κ2) is 8.29. The fourth-order valence-electron chi connectivity index (χ4n) is 4.89. The van der Waals surface area contributed by atoms with Crippen molar-refractivity contribution in [2.24, 2.45) is 19.5 Å². The normalized spacial score (nSPS) is 20.0. The number of hydrogen-bond donors (Lipinski definition) is 2. The van der Waals surface area contributed by atoms with Crippen molar-refractivity contribution in [3.05, 3.63) is 49.8 Å². The third-order valence-corrected chi connectivity index (χ3v) is 7.51. The molecule has 1 amide bonds. The molecule has 1 aliphatic carbocycles. The molecule has 2 N–H and O–H groups in total. The zero-order valence-electron chi connectivity index (χ0n) is 19.8. The molecule has 2 atom stereocenters. The first-order valence-electron chi connectivity index (χ1n) is 11.2. The molecular formula is C23H25BrN8O3. The lowest BCUT2D eigenvalue weighted by molar-refractivity contribution is -0.129. The van der Waals surface area contributed by atoms with Crippen molar-refractivity contribution in [1.29, 1.82) is 0 Å². The highest BCUT2D eigenvalue weighted by atomic mass is 79.9. The van der Waals surface area contributed by atoms with Crippen molar-refractivity contribution in [3.63, 3.8) is 0 Å². The summed E-state index contributed by atoms with van der Waals surface area (Å²) in [6.07, 6.45) is 3.99. The number of aromatic nitrogens is 6. The Morgan fingerprint density at radius 3 is 2.71 bits per heavy atom. The first kappa shape index (κ1) is 23.2. The molecule has 1 saturated carbocycles. The van der Waals surface area contributed by atoms with Gasteiger partial charge in [0.2, 0.25) is 11.9 Å². The molecule has 182 valence electrons. The molecule has 0 spiro atoms. The summed E-state index contributed by atoms with van der Waals surface area (Å²) in [6, 6.07) is 5.30. The largest absolute Gasteiger partial charge is 0.359 e. The lowest BCUT2D eigenvalue weighted by atomic mass is 9.87. The van der Waals surface area contributed by atoms with Crippen LogP contribution in [0.15, 0.2) is 38.6 Å². The van der Waals surface area contributed by atoms with E-state index in [0.29, 0.717) is 44.6 Å². The SMILES string of the molecule is CNC(=O)[C@]1(C)CC[C@@H](Nc2ncc3c(Br)nn(-c4ccc5c(c4)c(=O)n(C)c(=O)n5C)c3n2)C1. The molecule has 0 aliphatic heterocycles. The van der Waals surface area contributed by atoms with Crippen LogP contribution in [0.3, 0.4) is 0 Å². The Morgan fingerprint density at radius 2 is 1.97 bits per heavy atom. The number of rotatable bonds is 4. The van der Waals surface area contributed by atoms with Crippen LogP contribution in [0.2, 0.25) is 0 Å². The van der Waals surface area contributed by atoms with Gasteiger partial charge in [-0.15, -0.1) is 0 Å². The molecule has 5 rings (SSSR count). The minimum atomic E-state index is -0.418. The Bertz CT molecular complexity index is 1620. The minimum absolute atomic E-state index is 0.0418. The number of fused-ring (bicyclic) bond motifs is 2. The number of anilines is 1. The molecule has 0 unspecified atom stereocenters. The van der Waals surface area contributed by atoms with Crippen LogP contribution in [0.1, 0.15) is 26.2 Å². The van der Waals surface area contributed by atoms with Gasteiger partial charge >= 0.3 is 5.69 Å². The molecular weight excluding hydrogens is 516 g/mol. The van der Waals surface area contributed by atoms with Crippen LogP contribution in [0.4, 0.5) is 5.95 Å². The third kappa shape index (κ3) is 3.72. The van der Waals surface area contributed by atoms with Gasteiger partial charge in [-0.25, -0.2) is 14.5 Å². The highest BCUT2D eigenvalue weighted by molar-refractivity contribution is 9.10. The Hall–Kier alpha value is -3.54. The lowest BCUT2D eigenvalue weighted by Crippen LogP contribution is -2.36. The Balaban J connectivity index is 1.54. The van der Waals surface area contributed by atoms with Crippen molar-refractivity contribution in [3.8, 4) is 5.69 Å². The van der Waals surface area contributed by atoms with E-state index in [2.05, 4.69) is 36.6 Å². The highest BCUT2D eigenvalue weighted by Gasteiger charge is 2.41. The fourth-order valence-corrected chi connectivity index (χ4v) is 5.33. The van der Waals surface area contributed by atoms with E-state index in [4.69, 9.17) is 4.98 Å². The molecule has 0 radical (unpaired) electrons. The van der Waals surface area contributed by atoms with Gasteiger partial charge in [0.15, 0.2) is 5.65 Å². The van der Waals surface area contributed by atoms with Crippen LogP contribution < -0.4 is 21.9 Å². The first-order valence-corrected chi connectivity index (χ1v) is 12.0. The summed E-state index contributed by atoms with van der Waals surface area (Å²) < 4.78 is 4.73. The zero-order valence-corrected chi connectivity index (χ0v) is 21.4. The number of aryl methyl sites for hydroxylation is 1. The number of hydrogen-bond acceptors (Lipinski definition) is 7. The van der Waals surface area contributed by atoms with E-state index in [1.165, 1.54) is 11.6 Å². The molecule has 3 aromatic heterocycles. The van der Waals surface area contributed by atoms with Crippen molar-refractivity contribution >= 4 is 49.7 Å². The highest BCUT2D eigenvalue weighted by Crippen LogP contribution is 2.39. The predicted molar refractivity (Wildman–Crippen MR) is 136 cm³/mol. The van der Waals surface area contributed by atoms with Crippen LogP contribution in [-0.2, 0) is 18.9 Å². The minimum Gasteiger partial charge on any atom is -0.359 e. The van der Waals surface area contributed by atoms with Gasteiger partial charge in [0.25, 0.3) is 5.56 Å². The maximum atomic E-state index is 12.8. The van der Waals surface area contributed by atoms with Gasteiger partial charge in [-0.1, -0.05) is 6.92 Å². The van der Waals surface area contributed by atoms with E-state index in [1.54, 1.807) is 43.2 Å².